The van der Waals surface area contributed by atoms with E-state index in [1.54, 1.807) is 14.0 Å². The highest BCUT2D eigenvalue weighted by atomic mass is 32.3. The van der Waals surface area contributed by atoms with E-state index in [9.17, 15) is 16.8 Å². The Hall–Kier alpha value is -0.480. The summed E-state index contributed by atoms with van der Waals surface area (Å²) in [6.45, 7) is 1.62. The summed E-state index contributed by atoms with van der Waals surface area (Å²) in [5, 5.41) is 7.51. The average molecular weight is 310 g/mol. The molecule has 0 bridgehead atoms. The van der Waals surface area contributed by atoms with Gasteiger partial charge in [-0.15, -0.1) is 11.3 Å². The Morgan fingerprint density at radius 2 is 2.11 bits per heavy atom. The summed E-state index contributed by atoms with van der Waals surface area (Å²) in [6.07, 6.45) is 0.423. The van der Waals surface area contributed by atoms with Gasteiger partial charge in [0.2, 0.25) is 10.0 Å². The van der Waals surface area contributed by atoms with Crippen LogP contribution in [0.1, 0.15) is 24.9 Å². The molecule has 0 amide bonds. The summed E-state index contributed by atoms with van der Waals surface area (Å²) in [7, 11) is -5.60. The molecule has 0 radical (unpaired) electrons. The zero-order valence-corrected chi connectivity index (χ0v) is 12.3. The normalized spacial score (nSPS) is 26.8. The minimum Gasteiger partial charge on any atom is -0.313 e. The molecule has 0 aliphatic carbocycles. The van der Waals surface area contributed by atoms with E-state index < -0.39 is 25.1 Å². The minimum absolute atomic E-state index is 0.106. The largest absolute Gasteiger partial charge is 0.313 e. The third kappa shape index (κ3) is 2.10. The molecule has 1 aromatic rings. The first kappa shape index (κ1) is 13.9. The Morgan fingerprint density at radius 3 is 2.61 bits per heavy atom. The molecule has 9 heteroatoms. The summed E-state index contributed by atoms with van der Waals surface area (Å²) in [5.74, 6) is 0. The number of thiophene rings is 1. The van der Waals surface area contributed by atoms with Crippen LogP contribution in [0.4, 0.5) is 0 Å². The Labute approximate surface area is 110 Å². The summed E-state index contributed by atoms with van der Waals surface area (Å²) in [5.41, 5.74) is 0.504. The fourth-order valence-corrected chi connectivity index (χ4v) is 6.43. The molecule has 0 fully saturated rings. The van der Waals surface area contributed by atoms with Gasteiger partial charge >= 0.3 is 0 Å². The second-order valence-electron chi connectivity index (χ2n) is 4.29. The first-order chi connectivity index (χ1) is 8.17. The molecule has 0 unspecified atom stereocenters. The maximum atomic E-state index is 12.2. The Balaban J connectivity index is 2.71. The van der Waals surface area contributed by atoms with Crippen LogP contribution >= 0.6 is 11.3 Å². The van der Waals surface area contributed by atoms with E-state index in [0.29, 0.717) is 12.0 Å². The molecule has 0 saturated carbocycles. The standard InChI is InChI=1S/C9H14N2O4S3/c1-5-3-7(11-2)6-4-8(18(10,14)15)16-9(6)17(5,12)13/h4-5,7,11H,3H2,1-2H3,(H2,10,14,15)/t5-,7-/m1/s1. The predicted octanol–water partition coefficient (Wildman–Crippen LogP) is 0.222. The number of hydrogen-bond acceptors (Lipinski definition) is 6. The van der Waals surface area contributed by atoms with E-state index in [-0.39, 0.29) is 14.5 Å². The highest BCUT2D eigenvalue weighted by molar-refractivity contribution is 7.95. The van der Waals surface area contributed by atoms with Crippen molar-refractivity contribution in [3.63, 3.8) is 0 Å². The van der Waals surface area contributed by atoms with Crippen LogP contribution in [-0.4, -0.2) is 29.1 Å². The topological polar surface area (TPSA) is 106 Å². The van der Waals surface area contributed by atoms with Gasteiger partial charge in [-0.2, -0.15) is 0 Å². The smallest absolute Gasteiger partial charge is 0.247 e. The van der Waals surface area contributed by atoms with Gasteiger partial charge in [-0.25, -0.2) is 22.0 Å². The van der Waals surface area contributed by atoms with Gasteiger partial charge in [0.1, 0.15) is 8.42 Å². The molecule has 0 saturated heterocycles. The van der Waals surface area contributed by atoms with Crippen molar-refractivity contribution in [3.05, 3.63) is 11.6 Å². The average Bonchev–Trinajstić information content (AvgIpc) is 2.69. The molecule has 2 heterocycles. The Morgan fingerprint density at radius 1 is 1.50 bits per heavy atom. The quantitative estimate of drug-likeness (QED) is 0.813. The van der Waals surface area contributed by atoms with Gasteiger partial charge in [-0.3, -0.25) is 0 Å². The van der Waals surface area contributed by atoms with Gasteiger partial charge in [-0.05, 0) is 26.5 Å². The van der Waals surface area contributed by atoms with Crippen molar-refractivity contribution >= 4 is 31.2 Å². The highest BCUT2D eigenvalue weighted by Crippen LogP contribution is 2.42. The maximum Gasteiger partial charge on any atom is 0.247 e. The van der Waals surface area contributed by atoms with Crippen molar-refractivity contribution in [1.29, 1.82) is 0 Å². The Kier molecular flexibility index (Phi) is 3.31. The molecule has 3 N–H and O–H groups in total. The number of nitrogens with one attached hydrogen (secondary N) is 1. The molecule has 0 aromatic carbocycles. The first-order valence-corrected chi connectivity index (χ1v) is 9.16. The third-order valence-corrected chi connectivity index (χ3v) is 8.38. The molecule has 2 atom stereocenters. The van der Waals surface area contributed by atoms with Crippen LogP contribution in [0.15, 0.2) is 14.5 Å². The van der Waals surface area contributed by atoms with Crippen molar-refractivity contribution in [1.82, 2.24) is 5.32 Å². The lowest BCUT2D eigenvalue weighted by Gasteiger charge is -2.26. The monoisotopic (exact) mass is 310 g/mol. The van der Waals surface area contributed by atoms with Gasteiger partial charge in [0.05, 0.1) is 5.25 Å². The molecule has 102 valence electrons. The predicted molar refractivity (Wildman–Crippen MR) is 68.8 cm³/mol. The van der Waals surface area contributed by atoms with Crippen LogP contribution < -0.4 is 10.5 Å². The van der Waals surface area contributed by atoms with Crippen molar-refractivity contribution in [2.75, 3.05) is 7.05 Å². The molecule has 0 spiro atoms. The molecule has 1 aliphatic heterocycles. The van der Waals surface area contributed by atoms with E-state index in [4.69, 9.17) is 5.14 Å². The van der Waals surface area contributed by atoms with Gasteiger partial charge in [0.25, 0.3) is 0 Å². The molecule has 2 rings (SSSR count). The van der Waals surface area contributed by atoms with Gasteiger partial charge in [-0.1, -0.05) is 0 Å². The van der Waals surface area contributed by atoms with Crippen molar-refractivity contribution in [2.24, 2.45) is 5.14 Å². The van der Waals surface area contributed by atoms with Crippen LogP contribution in [0.2, 0.25) is 0 Å². The number of rotatable bonds is 2. The third-order valence-electron chi connectivity index (χ3n) is 3.06. The van der Waals surface area contributed by atoms with Crippen LogP contribution in [0.3, 0.4) is 0 Å². The van der Waals surface area contributed by atoms with Crippen LogP contribution in [0, 0.1) is 0 Å². The summed E-state index contributed by atoms with van der Waals surface area (Å²) >= 11 is 0.731. The van der Waals surface area contributed by atoms with Gasteiger partial charge in [0, 0.05) is 11.6 Å². The van der Waals surface area contributed by atoms with Crippen molar-refractivity contribution in [2.45, 2.75) is 33.1 Å². The fourth-order valence-electron chi connectivity index (χ4n) is 2.01. The van der Waals surface area contributed by atoms with E-state index >= 15 is 0 Å². The zero-order chi connectivity index (χ0) is 13.7. The SMILES string of the molecule is CN[C@@H]1C[C@@H](C)S(=O)(=O)c2sc(S(N)(=O)=O)cc21. The van der Waals surface area contributed by atoms with E-state index in [0.717, 1.165) is 11.3 Å². The van der Waals surface area contributed by atoms with Gasteiger partial charge in [0.15, 0.2) is 9.84 Å². The second-order valence-corrected chi connectivity index (χ2v) is 9.69. The number of sulfone groups is 1. The lowest BCUT2D eigenvalue weighted by Crippen LogP contribution is -2.31. The number of primary sulfonamides is 1. The van der Waals surface area contributed by atoms with Crippen molar-refractivity contribution < 1.29 is 16.8 Å². The number of hydrogen-bond donors (Lipinski definition) is 2. The number of sulfonamides is 1. The lowest BCUT2D eigenvalue weighted by molar-refractivity contribution is 0.498. The molecule has 6 nitrogen and oxygen atoms in total. The first-order valence-electron chi connectivity index (χ1n) is 5.25. The molecular formula is C9H14N2O4S3. The van der Waals surface area contributed by atoms with Crippen LogP contribution in [0.5, 0.6) is 0 Å². The minimum atomic E-state index is -3.87. The van der Waals surface area contributed by atoms with Crippen molar-refractivity contribution in [3.8, 4) is 0 Å². The lowest BCUT2D eigenvalue weighted by atomic mass is 10.1. The summed E-state index contributed by atoms with van der Waals surface area (Å²) < 4.78 is 46.9. The summed E-state index contributed by atoms with van der Waals surface area (Å²) in [4.78, 5) is 0. The van der Waals surface area contributed by atoms with E-state index in [1.807, 2.05) is 0 Å². The fraction of sp³-hybridized carbons (Fsp3) is 0.556. The van der Waals surface area contributed by atoms with E-state index in [2.05, 4.69) is 5.32 Å². The highest BCUT2D eigenvalue weighted by Gasteiger charge is 2.38. The van der Waals surface area contributed by atoms with Gasteiger partial charge < -0.3 is 5.32 Å². The molecular weight excluding hydrogens is 296 g/mol. The number of fused-ring (bicyclic) bond motifs is 1. The summed E-state index contributed by atoms with van der Waals surface area (Å²) in [6, 6.07) is 1.20. The van der Waals surface area contributed by atoms with Crippen LogP contribution in [-0.2, 0) is 19.9 Å². The molecule has 18 heavy (non-hydrogen) atoms. The molecule has 1 aliphatic rings. The number of nitrogens with two attached hydrogens (primary N) is 1. The Bertz CT molecular complexity index is 675. The maximum absolute atomic E-state index is 12.2. The zero-order valence-electron chi connectivity index (χ0n) is 9.87. The van der Waals surface area contributed by atoms with E-state index in [1.165, 1.54) is 6.07 Å². The molecule has 1 aromatic heterocycles. The second kappa shape index (κ2) is 4.27. The van der Waals surface area contributed by atoms with Crippen LogP contribution in [0.25, 0.3) is 0 Å².